The molecular weight excluding hydrogens is 356 g/mol. The Morgan fingerprint density at radius 2 is 1.70 bits per heavy atom. The van der Waals surface area contributed by atoms with Crippen molar-refractivity contribution in [2.75, 3.05) is 17.2 Å². The number of guanidine groups is 1. The number of aryl methyl sites for hydroxylation is 4. The van der Waals surface area contributed by atoms with Crippen LogP contribution in [0.4, 0.5) is 11.6 Å². The Labute approximate surface area is 166 Å². The third-order valence-electron chi connectivity index (χ3n) is 3.70. The highest BCUT2D eigenvalue weighted by atomic mass is 32.1. The lowest BCUT2D eigenvalue weighted by Crippen LogP contribution is -2.39. The molecule has 0 saturated heterocycles. The number of hydrogen-bond acceptors (Lipinski definition) is 4. The highest BCUT2D eigenvalue weighted by Gasteiger charge is 2.08. The Morgan fingerprint density at radius 1 is 1.04 bits per heavy atom. The molecule has 0 amide bonds. The second-order valence-electron chi connectivity index (χ2n) is 7.08. The highest BCUT2D eigenvalue weighted by Crippen LogP contribution is 2.16. The van der Waals surface area contributed by atoms with Crippen molar-refractivity contribution in [3.8, 4) is 0 Å². The van der Waals surface area contributed by atoms with E-state index in [4.69, 9.17) is 12.2 Å². The number of hydrogen-bond donors (Lipinski definition) is 3. The lowest BCUT2D eigenvalue weighted by atomic mass is 10.1. The molecule has 0 unspecified atom stereocenters. The van der Waals surface area contributed by atoms with Crippen molar-refractivity contribution in [3.05, 3.63) is 46.8 Å². The van der Waals surface area contributed by atoms with Crippen LogP contribution in [0.25, 0.3) is 0 Å². The van der Waals surface area contributed by atoms with Crippen molar-refractivity contribution >= 4 is 34.9 Å². The molecule has 2 aromatic rings. The fourth-order valence-electron chi connectivity index (χ4n) is 2.40. The molecule has 0 aliphatic rings. The summed E-state index contributed by atoms with van der Waals surface area (Å²) < 4.78 is 0. The number of nitrogens with one attached hydrogen (secondary N) is 3. The summed E-state index contributed by atoms with van der Waals surface area (Å²) in [5, 5.41) is 9.98. The summed E-state index contributed by atoms with van der Waals surface area (Å²) in [6, 6.07) is 8.13. The fraction of sp³-hybridized carbons (Fsp3) is 0.400. The summed E-state index contributed by atoms with van der Waals surface area (Å²) in [5.74, 6) is 1.44. The van der Waals surface area contributed by atoms with Gasteiger partial charge in [-0.25, -0.2) is 9.97 Å². The molecule has 7 heteroatoms. The van der Waals surface area contributed by atoms with Gasteiger partial charge in [0.05, 0.1) is 0 Å². The molecule has 0 spiro atoms. The van der Waals surface area contributed by atoms with Crippen LogP contribution >= 0.6 is 12.2 Å². The van der Waals surface area contributed by atoms with E-state index in [1.54, 1.807) is 0 Å². The first-order chi connectivity index (χ1) is 12.7. The maximum Gasteiger partial charge on any atom is 0.229 e. The first-order valence-electron chi connectivity index (χ1n) is 9.02. The third kappa shape index (κ3) is 6.94. The Hall–Kier alpha value is -2.54. The van der Waals surface area contributed by atoms with Crippen LogP contribution in [0.2, 0.25) is 0 Å². The summed E-state index contributed by atoms with van der Waals surface area (Å²) in [6.07, 6.45) is 0. The zero-order valence-electron chi connectivity index (χ0n) is 16.8. The van der Waals surface area contributed by atoms with Gasteiger partial charge in [-0.15, -0.1) is 0 Å². The molecule has 0 aliphatic carbocycles. The highest BCUT2D eigenvalue weighted by molar-refractivity contribution is 7.80. The summed E-state index contributed by atoms with van der Waals surface area (Å²) >= 11 is 5.48. The molecule has 1 aromatic carbocycles. The van der Waals surface area contributed by atoms with Gasteiger partial charge in [0.2, 0.25) is 11.9 Å². The van der Waals surface area contributed by atoms with Crippen LogP contribution in [0, 0.1) is 33.6 Å². The van der Waals surface area contributed by atoms with Crippen LogP contribution in [0.3, 0.4) is 0 Å². The van der Waals surface area contributed by atoms with Gasteiger partial charge < -0.3 is 10.6 Å². The van der Waals surface area contributed by atoms with E-state index < -0.39 is 0 Å². The van der Waals surface area contributed by atoms with Gasteiger partial charge in [0, 0.05) is 23.6 Å². The van der Waals surface area contributed by atoms with E-state index in [1.165, 1.54) is 5.56 Å². The zero-order valence-corrected chi connectivity index (χ0v) is 17.7. The lowest BCUT2D eigenvalue weighted by Gasteiger charge is -2.16. The number of benzene rings is 1. The Balaban J connectivity index is 2.15. The van der Waals surface area contributed by atoms with Gasteiger partial charge >= 0.3 is 0 Å². The summed E-state index contributed by atoms with van der Waals surface area (Å²) in [6.45, 7) is 12.8. The van der Waals surface area contributed by atoms with Crippen LogP contribution in [0.1, 0.15) is 36.4 Å². The van der Waals surface area contributed by atoms with Crippen molar-refractivity contribution in [1.82, 2.24) is 15.3 Å². The van der Waals surface area contributed by atoms with Gasteiger partial charge in [0.1, 0.15) is 0 Å². The predicted octanol–water partition coefficient (Wildman–Crippen LogP) is 4.12. The lowest BCUT2D eigenvalue weighted by molar-refractivity contribution is 0.664. The molecular formula is C20H28N6S. The number of aromatic nitrogens is 2. The van der Waals surface area contributed by atoms with Gasteiger partial charge in [-0.3, -0.25) is 10.3 Å². The molecule has 0 bridgehead atoms. The number of aliphatic imine (C=N–C) groups is 1. The van der Waals surface area contributed by atoms with Crippen LogP contribution in [0.15, 0.2) is 29.3 Å². The quantitative estimate of drug-likeness (QED) is 0.418. The second-order valence-corrected chi connectivity index (χ2v) is 7.49. The monoisotopic (exact) mass is 384 g/mol. The summed E-state index contributed by atoms with van der Waals surface area (Å²) in [4.78, 5) is 13.4. The second kappa shape index (κ2) is 9.41. The molecule has 0 atom stereocenters. The summed E-state index contributed by atoms with van der Waals surface area (Å²) in [5.41, 5.74) is 5.05. The van der Waals surface area contributed by atoms with Crippen LogP contribution < -0.4 is 16.0 Å². The number of rotatable bonds is 4. The van der Waals surface area contributed by atoms with Crippen LogP contribution in [-0.4, -0.2) is 27.6 Å². The molecule has 0 saturated carbocycles. The number of nitrogens with zero attached hydrogens (tertiary/aromatic N) is 3. The van der Waals surface area contributed by atoms with Crippen molar-refractivity contribution < 1.29 is 0 Å². The Bertz CT molecular complexity index is 824. The Morgan fingerprint density at radius 3 is 2.33 bits per heavy atom. The van der Waals surface area contributed by atoms with Crippen molar-refractivity contribution in [2.24, 2.45) is 10.9 Å². The van der Waals surface area contributed by atoms with Crippen molar-refractivity contribution in [2.45, 2.75) is 41.5 Å². The number of thiocarbonyl (C=S) groups is 1. The van der Waals surface area contributed by atoms with Gasteiger partial charge in [-0.2, -0.15) is 0 Å². The molecule has 1 heterocycles. The van der Waals surface area contributed by atoms with Crippen molar-refractivity contribution in [1.29, 1.82) is 0 Å². The predicted molar refractivity (Wildman–Crippen MR) is 118 cm³/mol. The molecule has 3 N–H and O–H groups in total. The average molecular weight is 385 g/mol. The van der Waals surface area contributed by atoms with E-state index in [0.29, 0.717) is 29.5 Å². The van der Waals surface area contributed by atoms with Gasteiger partial charge in [0.25, 0.3) is 0 Å². The fourth-order valence-corrected chi connectivity index (χ4v) is 2.61. The summed E-state index contributed by atoms with van der Waals surface area (Å²) in [7, 11) is 0. The molecule has 6 nitrogen and oxygen atoms in total. The van der Waals surface area contributed by atoms with Crippen LogP contribution in [0.5, 0.6) is 0 Å². The van der Waals surface area contributed by atoms with E-state index >= 15 is 0 Å². The minimum Gasteiger partial charge on any atom is -0.332 e. The largest absolute Gasteiger partial charge is 0.332 e. The van der Waals surface area contributed by atoms with Crippen molar-refractivity contribution in [3.63, 3.8) is 0 Å². The molecule has 0 fully saturated rings. The molecule has 144 valence electrons. The first kappa shape index (κ1) is 20.8. The number of anilines is 2. The van der Waals surface area contributed by atoms with E-state index in [0.717, 1.165) is 22.6 Å². The van der Waals surface area contributed by atoms with Gasteiger partial charge in [-0.1, -0.05) is 26.0 Å². The standard InChI is InChI=1S/C20H28N6S/c1-12(2)11-21-18(25-19-22-15(5)10-16(6)23-19)26-20(27)24-17-9-13(3)7-8-14(17)4/h7-10,12H,11H2,1-6H3,(H3,21,22,23,24,25,26,27). The minimum atomic E-state index is 0.421. The zero-order chi connectivity index (χ0) is 20.0. The normalized spacial score (nSPS) is 11.4. The molecule has 0 radical (unpaired) electrons. The van der Waals surface area contributed by atoms with E-state index in [2.05, 4.69) is 69.9 Å². The van der Waals surface area contributed by atoms with Gasteiger partial charge in [-0.05, 0) is 69.1 Å². The van der Waals surface area contributed by atoms with E-state index in [1.807, 2.05) is 26.8 Å². The Kier molecular flexibility index (Phi) is 7.24. The topological polar surface area (TPSA) is 74.2 Å². The molecule has 27 heavy (non-hydrogen) atoms. The molecule has 1 aromatic heterocycles. The minimum absolute atomic E-state index is 0.421. The van der Waals surface area contributed by atoms with Gasteiger partial charge in [0.15, 0.2) is 5.11 Å². The van der Waals surface area contributed by atoms with Crippen LogP contribution in [-0.2, 0) is 0 Å². The molecule has 2 rings (SSSR count). The van der Waals surface area contributed by atoms with E-state index in [-0.39, 0.29) is 0 Å². The van der Waals surface area contributed by atoms with E-state index in [9.17, 15) is 0 Å². The smallest absolute Gasteiger partial charge is 0.229 e. The average Bonchev–Trinajstić information content (AvgIpc) is 2.55. The SMILES string of the molecule is Cc1ccc(C)c(NC(=S)NC(=NCC(C)C)Nc2nc(C)cc(C)n2)c1. The maximum atomic E-state index is 5.48. The maximum absolute atomic E-state index is 5.48. The third-order valence-corrected chi connectivity index (χ3v) is 3.90. The molecule has 0 aliphatic heterocycles. The first-order valence-corrected chi connectivity index (χ1v) is 9.42.